The van der Waals surface area contributed by atoms with Gasteiger partial charge >= 0.3 is 0 Å². The van der Waals surface area contributed by atoms with Gasteiger partial charge < -0.3 is 14.3 Å². The minimum atomic E-state index is 0.791. The van der Waals surface area contributed by atoms with Crippen molar-refractivity contribution in [2.75, 3.05) is 0 Å². The van der Waals surface area contributed by atoms with Gasteiger partial charge in [-0.2, -0.15) is 0 Å². The third-order valence-electron chi connectivity index (χ3n) is 4.91. The lowest BCUT2D eigenvalue weighted by Crippen LogP contribution is -1.92. The third-order valence-corrected chi connectivity index (χ3v) is 7.32. The molecule has 0 radical (unpaired) electrons. The fraction of sp³-hybridized carbons (Fsp3) is 0.138. The molecule has 0 fully saturated rings. The SMILES string of the molecule is BrCc1ccccc1Oc1ccccc1CBr.BrCc1ccccc1Oc1ccccc1CBr.C=O. The van der Waals surface area contributed by atoms with Gasteiger partial charge in [-0.3, -0.25) is 0 Å². The number of rotatable bonds is 8. The maximum Gasteiger partial charge on any atom is 0.131 e. The van der Waals surface area contributed by atoms with Crippen molar-refractivity contribution in [3.63, 3.8) is 0 Å². The zero-order valence-corrected chi connectivity index (χ0v) is 25.9. The number of carbonyl (C=O) groups excluding carboxylic acids is 1. The fourth-order valence-corrected chi connectivity index (χ4v) is 4.95. The zero-order valence-electron chi connectivity index (χ0n) is 19.5. The van der Waals surface area contributed by atoms with E-state index in [0.717, 1.165) is 66.6 Å². The Morgan fingerprint density at radius 3 is 0.806 bits per heavy atom. The summed E-state index contributed by atoms with van der Waals surface area (Å²) in [5.74, 6) is 3.60. The molecule has 3 nitrogen and oxygen atoms in total. The van der Waals surface area contributed by atoms with Gasteiger partial charge in [-0.1, -0.05) is 137 Å². The van der Waals surface area contributed by atoms with Crippen LogP contribution in [0.5, 0.6) is 23.0 Å². The molecule has 0 N–H and O–H groups in total. The van der Waals surface area contributed by atoms with E-state index in [4.69, 9.17) is 14.3 Å². The normalized spacial score (nSPS) is 9.78. The maximum absolute atomic E-state index is 8.00. The molecule has 188 valence electrons. The predicted octanol–water partition coefficient (Wildman–Crippen LogP) is 10.4. The molecule has 0 aliphatic heterocycles. The second-order valence-electron chi connectivity index (χ2n) is 7.17. The van der Waals surface area contributed by atoms with Crippen LogP contribution in [0.3, 0.4) is 0 Å². The quantitative estimate of drug-likeness (QED) is 0.169. The number of para-hydroxylation sites is 4. The largest absolute Gasteiger partial charge is 0.457 e. The molecule has 0 amide bonds. The van der Waals surface area contributed by atoms with Gasteiger partial charge in [0.15, 0.2) is 0 Å². The van der Waals surface area contributed by atoms with Gasteiger partial charge in [-0.05, 0) is 24.3 Å². The lowest BCUT2D eigenvalue weighted by atomic mass is 10.2. The second-order valence-corrected chi connectivity index (χ2v) is 9.41. The van der Waals surface area contributed by atoms with Gasteiger partial charge in [0.2, 0.25) is 0 Å². The number of alkyl halides is 4. The van der Waals surface area contributed by atoms with Crippen LogP contribution >= 0.6 is 63.7 Å². The van der Waals surface area contributed by atoms with Crippen LogP contribution in [-0.4, -0.2) is 6.79 Å². The lowest BCUT2D eigenvalue weighted by Gasteiger charge is -2.12. The molecule has 0 atom stereocenters. The van der Waals surface area contributed by atoms with Crippen molar-refractivity contribution in [3.8, 4) is 23.0 Å². The smallest absolute Gasteiger partial charge is 0.131 e. The minimum Gasteiger partial charge on any atom is -0.457 e. The second kappa shape index (κ2) is 17.5. The lowest BCUT2D eigenvalue weighted by molar-refractivity contribution is -0.0979. The number of ether oxygens (including phenoxy) is 2. The summed E-state index contributed by atoms with van der Waals surface area (Å²) in [5, 5.41) is 3.17. The molecule has 0 aliphatic rings. The highest BCUT2D eigenvalue weighted by atomic mass is 79.9. The summed E-state index contributed by atoms with van der Waals surface area (Å²) in [7, 11) is 0. The fourth-order valence-electron chi connectivity index (χ4n) is 3.09. The maximum atomic E-state index is 8.00. The Bertz CT molecular complexity index is 1020. The molecule has 0 unspecified atom stereocenters. The number of carbonyl (C=O) groups is 1. The summed E-state index contributed by atoms with van der Waals surface area (Å²) < 4.78 is 11.9. The van der Waals surface area contributed by atoms with Gasteiger partial charge in [0, 0.05) is 43.6 Å². The predicted molar refractivity (Wildman–Crippen MR) is 164 cm³/mol. The van der Waals surface area contributed by atoms with Crippen molar-refractivity contribution in [2.45, 2.75) is 21.3 Å². The Kier molecular flexibility index (Phi) is 14.7. The molecule has 4 aromatic rings. The Morgan fingerprint density at radius 2 is 0.611 bits per heavy atom. The Hall–Kier alpha value is -1.93. The highest BCUT2D eigenvalue weighted by Gasteiger charge is 2.07. The van der Waals surface area contributed by atoms with E-state index in [-0.39, 0.29) is 0 Å². The van der Waals surface area contributed by atoms with E-state index >= 15 is 0 Å². The van der Waals surface area contributed by atoms with Crippen LogP contribution < -0.4 is 9.47 Å². The summed E-state index contributed by atoms with van der Waals surface area (Å²) in [5.41, 5.74) is 4.60. The highest BCUT2D eigenvalue weighted by molar-refractivity contribution is 9.09. The summed E-state index contributed by atoms with van der Waals surface area (Å²) in [6, 6.07) is 32.2. The first-order valence-electron chi connectivity index (χ1n) is 10.9. The molecule has 0 aliphatic carbocycles. The number of hydrogen-bond acceptors (Lipinski definition) is 3. The van der Waals surface area contributed by atoms with Crippen molar-refractivity contribution in [1.29, 1.82) is 0 Å². The van der Waals surface area contributed by atoms with Crippen LogP contribution in [0.15, 0.2) is 97.1 Å². The first-order chi connectivity index (χ1) is 17.7. The summed E-state index contributed by atoms with van der Waals surface area (Å²) >= 11 is 13.9. The number of benzene rings is 4. The molecule has 0 saturated carbocycles. The molecule has 0 heterocycles. The standard InChI is InChI=1S/2C14H12Br2O.CH2O/c2*15-9-11-5-1-3-7-13(11)17-14-8-4-2-6-12(14)10-16;1-2/h2*1-8H,9-10H2;1H2. The van der Waals surface area contributed by atoms with E-state index in [1.165, 1.54) is 0 Å². The molecule has 4 aromatic carbocycles. The van der Waals surface area contributed by atoms with E-state index in [1.807, 2.05) is 79.6 Å². The van der Waals surface area contributed by atoms with Crippen molar-refractivity contribution < 1.29 is 14.3 Å². The Morgan fingerprint density at radius 1 is 0.417 bits per heavy atom. The van der Waals surface area contributed by atoms with E-state index in [9.17, 15) is 0 Å². The molecule has 0 saturated heterocycles. The molecule has 36 heavy (non-hydrogen) atoms. The van der Waals surface area contributed by atoms with Crippen molar-refractivity contribution in [2.24, 2.45) is 0 Å². The topological polar surface area (TPSA) is 35.5 Å². The summed E-state index contributed by atoms with van der Waals surface area (Å²) in [6.07, 6.45) is 0. The Labute approximate surface area is 246 Å². The van der Waals surface area contributed by atoms with Crippen LogP contribution in [0.25, 0.3) is 0 Å². The van der Waals surface area contributed by atoms with Crippen LogP contribution in [0.1, 0.15) is 22.3 Å². The van der Waals surface area contributed by atoms with Gasteiger partial charge in [-0.25, -0.2) is 0 Å². The van der Waals surface area contributed by atoms with Crippen molar-refractivity contribution >= 4 is 70.5 Å². The Balaban J connectivity index is 0.000000237. The first kappa shape index (κ1) is 30.3. The van der Waals surface area contributed by atoms with E-state index < -0.39 is 0 Å². The third kappa shape index (κ3) is 9.18. The molecule has 0 spiro atoms. The monoisotopic (exact) mass is 738 g/mol. The first-order valence-corrected chi connectivity index (χ1v) is 15.4. The molecular weight excluding hydrogens is 716 g/mol. The molecule has 7 heteroatoms. The van der Waals surface area contributed by atoms with Crippen LogP contribution in [0.4, 0.5) is 0 Å². The molecular formula is C29H26Br4O3. The zero-order chi connectivity index (χ0) is 26.2. The van der Waals surface area contributed by atoms with Gasteiger partial charge in [0.05, 0.1) is 0 Å². The van der Waals surface area contributed by atoms with Crippen molar-refractivity contribution in [3.05, 3.63) is 119 Å². The van der Waals surface area contributed by atoms with E-state index in [2.05, 4.69) is 88.0 Å². The van der Waals surface area contributed by atoms with Crippen LogP contribution in [0, 0.1) is 0 Å². The number of halogens is 4. The summed E-state index contributed by atoms with van der Waals surface area (Å²) in [4.78, 5) is 8.00. The van der Waals surface area contributed by atoms with Crippen molar-refractivity contribution in [1.82, 2.24) is 0 Å². The van der Waals surface area contributed by atoms with E-state index in [0.29, 0.717) is 0 Å². The van der Waals surface area contributed by atoms with Gasteiger partial charge in [0.25, 0.3) is 0 Å². The van der Waals surface area contributed by atoms with Crippen LogP contribution in [-0.2, 0) is 26.1 Å². The molecule has 0 bridgehead atoms. The van der Waals surface area contributed by atoms with E-state index in [1.54, 1.807) is 0 Å². The average molecular weight is 742 g/mol. The average Bonchev–Trinajstić information content (AvgIpc) is 2.95. The summed E-state index contributed by atoms with van der Waals surface area (Å²) in [6.45, 7) is 2.00. The number of hydrogen-bond donors (Lipinski definition) is 0. The van der Waals surface area contributed by atoms with Gasteiger partial charge in [0.1, 0.15) is 29.8 Å². The molecule has 0 aromatic heterocycles. The minimum absolute atomic E-state index is 0.791. The van der Waals surface area contributed by atoms with Gasteiger partial charge in [-0.15, -0.1) is 0 Å². The highest BCUT2D eigenvalue weighted by Crippen LogP contribution is 2.31. The van der Waals surface area contributed by atoms with Crippen LogP contribution in [0.2, 0.25) is 0 Å². The molecule has 4 rings (SSSR count).